The van der Waals surface area contributed by atoms with Gasteiger partial charge in [-0.2, -0.15) is 0 Å². The molecule has 0 bridgehead atoms. The van der Waals surface area contributed by atoms with E-state index in [1.54, 1.807) is 16.2 Å². The summed E-state index contributed by atoms with van der Waals surface area (Å²) >= 11 is 1.65. The van der Waals surface area contributed by atoms with Crippen molar-refractivity contribution in [1.82, 2.24) is 4.98 Å². The molecular weight excluding hydrogens is 468 g/mol. The highest BCUT2D eigenvalue weighted by atomic mass is 32.1. The highest BCUT2D eigenvalue weighted by Gasteiger charge is 2.26. The maximum Gasteiger partial charge on any atom is 0.265 e. The van der Waals surface area contributed by atoms with Gasteiger partial charge in [0.2, 0.25) is 0 Å². The van der Waals surface area contributed by atoms with Crippen LogP contribution in [-0.4, -0.2) is 30.6 Å². The molecule has 6 heteroatoms. The maximum atomic E-state index is 12.8. The van der Waals surface area contributed by atoms with Crippen LogP contribution < -0.4 is 14.4 Å². The van der Waals surface area contributed by atoms with Gasteiger partial charge in [0.15, 0.2) is 6.61 Å². The van der Waals surface area contributed by atoms with Gasteiger partial charge < -0.3 is 14.4 Å². The van der Waals surface area contributed by atoms with Gasteiger partial charge in [-0.05, 0) is 35.2 Å². The zero-order valence-electron chi connectivity index (χ0n) is 19.6. The van der Waals surface area contributed by atoms with E-state index >= 15 is 0 Å². The average Bonchev–Trinajstić information content (AvgIpc) is 3.39. The quantitative estimate of drug-likeness (QED) is 0.265. The van der Waals surface area contributed by atoms with E-state index in [0.29, 0.717) is 18.9 Å². The monoisotopic (exact) mass is 492 g/mol. The Hall–Kier alpha value is -4.16. The van der Waals surface area contributed by atoms with E-state index in [9.17, 15) is 4.79 Å². The van der Waals surface area contributed by atoms with Crippen molar-refractivity contribution in [3.63, 3.8) is 0 Å². The Bertz CT molecular complexity index is 1520. The minimum atomic E-state index is -0.0794. The van der Waals surface area contributed by atoms with Gasteiger partial charge in [0.25, 0.3) is 5.91 Å². The first-order valence-electron chi connectivity index (χ1n) is 11.9. The number of aromatic nitrogens is 1. The van der Waals surface area contributed by atoms with Crippen LogP contribution in [0.5, 0.6) is 11.5 Å². The van der Waals surface area contributed by atoms with Crippen LogP contribution >= 0.6 is 11.3 Å². The fourth-order valence-electron chi connectivity index (χ4n) is 4.47. The normalized spacial score (nSPS) is 12.9. The number of rotatable bonds is 7. The highest BCUT2D eigenvalue weighted by molar-refractivity contribution is 7.10. The Morgan fingerprint density at radius 3 is 2.69 bits per heavy atom. The first-order chi connectivity index (χ1) is 17.7. The van der Waals surface area contributed by atoms with Gasteiger partial charge >= 0.3 is 0 Å². The second-order valence-corrected chi connectivity index (χ2v) is 9.57. The Morgan fingerprint density at radius 2 is 1.78 bits per heavy atom. The number of anilines is 1. The lowest BCUT2D eigenvalue weighted by atomic mass is 10.1. The van der Waals surface area contributed by atoms with E-state index in [-0.39, 0.29) is 12.5 Å². The van der Waals surface area contributed by atoms with E-state index in [1.807, 2.05) is 66.7 Å². The topological polar surface area (TPSA) is 51.7 Å². The minimum Gasteiger partial charge on any atom is -0.491 e. The molecule has 0 atom stereocenters. The van der Waals surface area contributed by atoms with E-state index < -0.39 is 0 Å². The SMILES string of the molecule is O=C1COc2ccc(-c3csc(Cc4ccccc4)n3)cc2N1CCOc1cccc2ccccc12. The van der Waals surface area contributed by atoms with E-state index in [4.69, 9.17) is 14.5 Å². The van der Waals surface area contributed by atoms with Gasteiger partial charge in [-0.1, -0.05) is 66.7 Å². The summed E-state index contributed by atoms with van der Waals surface area (Å²) in [6, 6.07) is 30.4. The van der Waals surface area contributed by atoms with Crippen molar-refractivity contribution >= 4 is 33.7 Å². The number of hydrogen-bond donors (Lipinski definition) is 0. The number of amides is 1. The van der Waals surface area contributed by atoms with Crippen molar-refractivity contribution in [3.05, 3.63) is 107 Å². The Kier molecular flexibility index (Phi) is 6.10. The zero-order valence-corrected chi connectivity index (χ0v) is 20.4. The van der Waals surface area contributed by atoms with Gasteiger partial charge in [-0.25, -0.2) is 4.98 Å². The van der Waals surface area contributed by atoms with Crippen molar-refractivity contribution in [3.8, 4) is 22.8 Å². The largest absolute Gasteiger partial charge is 0.491 e. The predicted octanol–water partition coefficient (Wildman–Crippen LogP) is 6.36. The molecule has 5 aromatic rings. The standard InChI is InChI=1S/C30H24N2O3S/c33-30-19-35-28-14-13-23(25-20-36-29(31-25)17-21-7-2-1-3-8-21)18-26(28)32(30)15-16-34-27-12-6-10-22-9-4-5-11-24(22)27/h1-14,18,20H,15-17,19H2. The third-order valence-corrected chi connectivity index (χ3v) is 7.12. The summed E-state index contributed by atoms with van der Waals surface area (Å²) in [7, 11) is 0. The molecule has 0 saturated heterocycles. The molecule has 1 aromatic heterocycles. The number of benzene rings is 4. The molecule has 178 valence electrons. The van der Waals surface area contributed by atoms with Crippen molar-refractivity contribution in [2.24, 2.45) is 0 Å². The first-order valence-corrected chi connectivity index (χ1v) is 12.8. The summed E-state index contributed by atoms with van der Waals surface area (Å²) in [5.74, 6) is 1.43. The van der Waals surface area contributed by atoms with Crippen LogP contribution in [0.4, 0.5) is 5.69 Å². The lowest BCUT2D eigenvalue weighted by molar-refractivity contribution is -0.121. The smallest absolute Gasteiger partial charge is 0.265 e. The van der Waals surface area contributed by atoms with Crippen LogP contribution in [0.15, 0.2) is 96.4 Å². The molecule has 0 N–H and O–H groups in total. The first kappa shape index (κ1) is 22.3. The molecule has 4 aromatic carbocycles. The van der Waals surface area contributed by atoms with Crippen LogP contribution in [-0.2, 0) is 11.2 Å². The molecule has 6 rings (SSSR count). The molecule has 0 spiro atoms. The number of fused-ring (bicyclic) bond motifs is 2. The summed E-state index contributed by atoms with van der Waals surface area (Å²) in [6.07, 6.45) is 0.801. The summed E-state index contributed by atoms with van der Waals surface area (Å²) in [4.78, 5) is 19.4. The molecule has 0 saturated carbocycles. The molecule has 0 radical (unpaired) electrons. The Balaban J connectivity index is 1.20. The molecule has 1 amide bonds. The second kappa shape index (κ2) is 9.84. The van der Waals surface area contributed by atoms with Crippen LogP contribution in [0, 0.1) is 0 Å². The molecule has 0 fully saturated rings. The maximum absolute atomic E-state index is 12.8. The summed E-state index contributed by atoms with van der Waals surface area (Å²) in [5, 5.41) is 5.31. The molecule has 0 aliphatic carbocycles. The second-order valence-electron chi connectivity index (χ2n) is 8.63. The van der Waals surface area contributed by atoms with Crippen LogP contribution in [0.2, 0.25) is 0 Å². The number of hydrogen-bond acceptors (Lipinski definition) is 5. The number of ether oxygens (including phenoxy) is 2. The predicted molar refractivity (Wildman–Crippen MR) is 144 cm³/mol. The summed E-state index contributed by atoms with van der Waals surface area (Å²) in [5.41, 5.74) is 3.85. The molecule has 5 nitrogen and oxygen atoms in total. The zero-order chi connectivity index (χ0) is 24.3. The van der Waals surface area contributed by atoms with Gasteiger partial charge in [0.05, 0.1) is 22.9 Å². The number of thiazole rings is 1. The lowest BCUT2D eigenvalue weighted by Crippen LogP contribution is -2.41. The molecule has 0 unspecified atom stereocenters. The molecule has 1 aliphatic rings. The number of nitrogens with zero attached hydrogens (tertiary/aromatic N) is 2. The third kappa shape index (κ3) is 4.55. The summed E-state index contributed by atoms with van der Waals surface area (Å²) in [6.45, 7) is 0.831. The van der Waals surface area contributed by atoms with E-state index in [1.165, 1.54) is 5.56 Å². The fraction of sp³-hybridized carbons (Fsp3) is 0.133. The van der Waals surface area contributed by atoms with Crippen LogP contribution in [0.1, 0.15) is 10.6 Å². The van der Waals surface area contributed by atoms with Gasteiger partial charge in [-0.15, -0.1) is 11.3 Å². The number of carbonyl (C=O) groups is 1. The molecule has 1 aliphatic heterocycles. The van der Waals surface area contributed by atoms with Crippen molar-refractivity contribution in [2.75, 3.05) is 24.7 Å². The van der Waals surface area contributed by atoms with Gasteiger partial charge in [-0.3, -0.25) is 4.79 Å². The lowest BCUT2D eigenvalue weighted by Gasteiger charge is -2.29. The van der Waals surface area contributed by atoms with Gasteiger partial charge in [0.1, 0.15) is 18.1 Å². The van der Waals surface area contributed by atoms with E-state index in [0.717, 1.165) is 44.9 Å². The van der Waals surface area contributed by atoms with Crippen molar-refractivity contribution in [1.29, 1.82) is 0 Å². The minimum absolute atomic E-state index is 0.0263. The van der Waals surface area contributed by atoms with Crippen LogP contribution in [0.25, 0.3) is 22.0 Å². The number of carbonyl (C=O) groups excluding carboxylic acids is 1. The molecule has 2 heterocycles. The summed E-state index contributed by atoms with van der Waals surface area (Å²) < 4.78 is 11.8. The third-order valence-electron chi connectivity index (χ3n) is 6.27. The Morgan fingerprint density at radius 1 is 0.944 bits per heavy atom. The Labute approximate surface area is 213 Å². The molecular formula is C30H24N2O3S. The van der Waals surface area contributed by atoms with Crippen molar-refractivity contribution < 1.29 is 14.3 Å². The van der Waals surface area contributed by atoms with Crippen molar-refractivity contribution in [2.45, 2.75) is 6.42 Å². The van der Waals surface area contributed by atoms with E-state index in [2.05, 4.69) is 29.6 Å². The fourth-order valence-corrected chi connectivity index (χ4v) is 5.31. The van der Waals surface area contributed by atoms with Crippen LogP contribution in [0.3, 0.4) is 0 Å². The van der Waals surface area contributed by atoms with Gasteiger partial charge in [0, 0.05) is 22.8 Å². The highest BCUT2D eigenvalue weighted by Crippen LogP contribution is 2.36. The average molecular weight is 493 g/mol. The molecule has 36 heavy (non-hydrogen) atoms.